The van der Waals surface area contributed by atoms with Gasteiger partial charge in [-0.25, -0.2) is 0 Å². The smallest absolute Gasteiger partial charge is 0.118 e. The number of hydrogen-bond donors (Lipinski definition) is 0. The summed E-state index contributed by atoms with van der Waals surface area (Å²) < 4.78 is 5.15. The summed E-state index contributed by atoms with van der Waals surface area (Å²) in [5.74, 6) is 4.39. The van der Waals surface area contributed by atoms with Crippen molar-refractivity contribution in [1.82, 2.24) is 0 Å². The van der Waals surface area contributed by atoms with E-state index in [1.807, 2.05) is 30.5 Å². The molecule has 2 aliphatic carbocycles. The molecule has 3 rings (SSSR count). The zero-order valence-electron chi connectivity index (χ0n) is 19.3. The number of aliphatic imine (C=N–C) groups is 1. The van der Waals surface area contributed by atoms with Gasteiger partial charge in [0.15, 0.2) is 0 Å². The third kappa shape index (κ3) is 7.84. The number of methoxy groups -OCH3 is 1. The highest BCUT2D eigenvalue weighted by molar-refractivity contribution is 5.84. The molecule has 0 aliphatic heterocycles. The van der Waals surface area contributed by atoms with Gasteiger partial charge in [-0.05, 0) is 78.8 Å². The minimum absolute atomic E-state index is 0.604. The van der Waals surface area contributed by atoms with E-state index < -0.39 is 0 Å². The Morgan fingerprint density at radius 3 is 2.24 bits per heavy atom. The number of allylic oxidation sites excluding steroid dienone is 2. The molecule has 0 N–H and O–H groups in total. The Labute approximate surface area is 179 Å². The van der Waals surface area contributed by atoms with Gasteiger partial charge in [0.1, 0.15) is 5.75 Å². The second-order valence-corrected chi connectivity index (χ2v) is 8.88. The highest BCUT2D eigenvalue weighted by Crippen LogP contribution is 2.39. The maximum atomic E-state index is 5.15. The third-order valence-electron chi connectivity index (χ3n) is 6.69. The SMILES string of the molecule is C=C(N=C/C(=C\C)C(C)C1CC1)c1ccc(OC)cc1.CCC1CCC(C)CC1. The average Bonchev–Trinajstić information content (AvgIpc) is 3.60. The van der Waals surface area contributed by atoms with Gasteiger partial charge in [-0.15, -0.1) is 0 Å². The lowest BCUT2D eigenvalue weighted by atomic mass is 9.82. The number of ether oxygens (including phenoxy) is 1. The van der Waals surface area contributed by atoms with Gasteiger partial charge in [-0.2, -0.15) is 0 Å². The van der Waals surface area contributed by atoms with E-state index in [4.69, 9.17) is 4.74 Å². The van der Waals surface area contributed by atoms with Crippen molar-refractivity contribution in [3.05, 3.63) is 48.1 Å². The Morgan fingerprint density at radius 1 is 1.14 bits per heavy atom. The van der Waals surface area contributed by atoms with E-state index in [1.165, 1.54) is 50.5 Å². The molecule has 2 aliphatic rings. The molecular formula is C27H41NO. The standard InChI is InChI=1S/C18H23NO.C9H18/c1-5-15(13(2)16-6-7-16)12-19-14(3)17-8-10-18(20-4)11-9-17;1-3-9-6-4-8(2)5-7-9/h5,8-13,16H,3,6-7H2,1-2,4H3;8-9H,3-7H2,1-2H3/b15-5+,19-12?;. The van der Waals surface area contributed by atoms with Crippen LogP contribution in [0.25, 0.3) is 5.70 Å². The Balaban J connectivity index is 0.000000278. The van der Waals surface area contributed by atoms with E-state index in [9.17, 15) is 0 Å². The number of hydrogen-bond acceptors (Lipinski definition) is 2. The Bertz CT molecular complexity index is 673. The fourth-order valence-corrected chi connectivity index (χ4v) is 4.07. The van der Waals surface area contributed by atoms with Crippen LogP contribution in [-0.2, 0) is 0 Å². The van der Waals surface area contributed by atoms with Crippen molar-refractivity contribution in [2.75, 3.05) is 7.11 Å². The van der Waals surface area contributed by atoms with E-state index in [0.717, 1.165) is 34.8 Å². The zero-order valence-corrected chi connectivity index (χ0v) is 19.3. The molecular weight excluding hydrogens is 354 g/mol. The van der Waals surface area contributed by atoms with Gasteiger partial charge in [0, 0.05) is 6.21 Å². The van der Waals surface area contributed by atoms with Crippen LogP contribution in [0.5, 0.6) is 5.75 Å². The first-order valence-electron chi connectivity index (χ1n) is 11.5. The Hall–Kier alpha value is -1.83. The summed E-state index contributed by atoms with van der Waals surface area (Å²) in [5, 5.41) is 0. The second-order valence-electron chi connectivity index (χ2n) is 8.88. The minimum atomic E-state index is 0.604. The molecule has 1 aromatic carbocycles. The van der Waals surface area contributed by atoms with Crippen LogP contribution >= 0.6 is 0 Å². The van der Waals surface area contributed by atoms with Gasteiger partial charge in [0.2, 0.25) is 0 Å². The first-order chi connectivity index (χ1) is 14.0. The molecule has 0 saturated heterocycles. The van der Waals surface area contributed by atoms with E-state index in [-0.39, 0.29) is 0 Å². The van der Waals surface area contributed by atoms with Crippen molar-refractivity contribution in [2.24, 2.45) is 28.7 Å². The minimum Gasteiger partial charge on any atom is -0.497 e. The van der Waals surface area contributed by atoms with Gasteiger partial charge in [0.05, 0.1) is 12.8 Å². The van der Waals surface area contributed by atoms with Crippen LogP contribution in [0.1, 0.15) is 78.2 Å². The highest BCUT2D eigenvalue weighted by atomic mass is 16.5. The summed E-state index contributed by atoms with van der Waals surface area (Å²) in [6, 6.07) is 7.83. The van der Waals surface area contributed by atoms with E-state index in [0.29, 0.717) is 5.92 Å². The summed E-state index contributed by atoms with van der Waals surface area (Å²) in [6.45, 7) is 13.1. The molecule has 2 fully saturated rings. The largest absolute Gasteiger partial charge is 0.497 e. The molecule has 1 aromatic rings. The van der Waals surface area contributed by atoms with Crippen LogP contribution in [0.4, 0.5) is 0 Å². The van der Waals surface area contributed by atoms with Gasteiger partial charge in [-0.3, -0.25) is 4.99 Å². The lowest BCUT2D eigenvalue weighted by Crippen LogP contribution is -2.10. The lowest BCUT2D eigenvalue weighted by molar-refractivity contribution is 0.284. The first kappa shape index (κ1) is 23.4. The number of nitrogens with zero attached hydrogens (tertiary/aromatic N) is 1. The van der Waals surface area contributed by atoms with Crippen LogP contribution < -0.4 is 4.74 Å². The van der Waals surface area contributed by atoms with Crippen molar-refractivity contribution in [1.29, 1.82) is 0 Å². The molecule has 0 aromatic heterocycles. The van der Waals surface area contributed by atoms with Crippen molar-refractivity contribution in [2.45, 2.75) is 72.6 Å². The van der Waals surface area contributed by atoms with Crippen LogP contribution in [-0.4, -0.2) is 13.3 Å². The van der Waals surface area contributed by atoms with Crippen LogP contribution in [0.15, 0.2) is 47.5 Å². The van der Waals surface area contributed by atoms with Crippen molar-refractivity contribution < 1.29 is 4.74 Å². The van der Waals surface area contributed by atoms with Gasteiger partial charge >= 0.3 is 0 Å². The normalized spacial score (nSPS) is 23.3. The molecule has 1 unspecified atom stereocenters. The first-order valence-corrected chi connectivity index (χ1v) is 11.5. The van der Waals surface area contributed by atoms with Crippen LogP contribution in [0.2, 0.25) is 0 Å². The molecule has 29 heavy (non-hydrogen) atoms. The predicted octanol–water partition coefficient (Wildman–Crippen LogP) is 7.95. The van der Waals surface area contributed by atoms with E-state index in [1.54, 1.807) is 7.11 Å². The quantitative estimate of drug-likeness (QED) is 0.429. The van der Waals surface area contributed by atoms with E-state index >= 15 is 0 Å². The predicted molar refractivity (Wildman–Crippen MR) is 128 cm³/mol. The fraction of sp³-hybridized carbons (Fsp3) is 0.593. The Kier molecular flexibility index (Phi) is 9.70. The van der Waals surface area contributed by atoms with Gasteiger partial charge < -0.3 is 4.74 Å². The monoisotopic (exact) mass is 395 g/mol. The molecule has 0 amide bonds. The van der Waals surface area contributed by atoms with Crippen molar-refractivity contribution in [3.63, 3.8) is 0 Å². The van der Waals surface area contributed by atoms with Crippen molar-refractivity contribution in [3.8, 4) is 5.75 Å². The van der Waals surface area contributed by atoms with Gasteiger partial charge in [0.25, 0.3) is 0 Å². The van der Waals surface area contributed by atoms with E-state index in [2.05, 4.69) is 45.3 Å². The Morgan fingerprint density at radius 2 is 1.76 bits per heavy atom. The summed E-state index contributed by atoms with van der Waals surface area (Å²) in [4.78, 5) is 4.52. The molecule has 0 radical (unpaired) electrons. The summed E-state index contributed by atoms with van der Waals surface area (Å²) in [5.41, 5.74) is 3.12. The molecule has 0 spiro atoms. The molecule has 2 saturated carbocycles. The summed E-state index contributed by atoms with van der Waals surface area (Å²) in [6.07, 6.45) is 14.2. The van der Waals surface area contributed by atoms with Gasteiger partial charge in [-0.1, -0.05) is 65.5 Å². The average molecular weight is 396 g/mol. The molecule has 2 nitrogen and oxygen atoms in total. The highest BCUT2D eigenvalue weighted by Gasteiger charge is 2.29. The maximum Gasteiger partial charge on any atom is 0.118 e. The summed E-state index contributed by atoms with van der Waals surface area (Å²) >= 11 is 0. The second kappa shape index (κ2) is 12.0. The van der Waals surface area contributed by atoms with Crippen LogP contribution in [0, 0.1) is 23.7 Å². The molecule has 2 heteroatoms. The van der Waals surface area contributed by atoms with Crippen LogP contribution in [0.3, 0.4) is 0 Å². The molecule has 0 heterocycles. The number of rotatable bonds is 7. The third-order valence-corrected chi connectivity index (χ3v) is 6.69. The van der Waals surface area contributed by atoms with Crippen molar-refractivity contribution >= 4 is 11.9 Å². The number of benzene rings is 1. The molecule has 0 bridgehead atoms. The lowest BCUT2D eigenvalue weighted by Gasteiger charge is -2.24. The molecule has 160 valence electrons. The maximum absolute atomic E-state index is 5.15. The summed E-state index contributed by atoms with van der Waals surface area (Å²) in [7, 11) is 1.67. The fourth-order valence-electron chi connectivity index (χ4n) is 4.07. The topological polar surface area (TPSA) is 21.6 Å². The molecule has 1 atom stereocenters. The zero-order chi connectivity index (χ0) is 21.2.